The average molecular weight is 363 g/mol. The van der Waals surface area contributed by atoms with Crippen LogP contribution in [0.25, 0.3) is 0 Å². The van der Waals surface area contributed by atoms with Gasteiger partial charge in [-0.25, -0.2) is 18.1 Å². The van der Waals surface area contributed by atoms with Gasteiger partial charge in [0.05, 0.1) is 14.2 Å². The molecule has 0 saturated carbocycles. The number of benzene rings is 1. The summed E-state index contributed by atoms with van der Waals surface area (Å²) in [7, 11) is 2.01. The Labute approximate surface area is 136 Å². The van der Waals surface area contributed by atoms with Gasteiger partial charge in [-0.2, -0.15) is 8.78 Å². The molecule has 0 bridgehead atoms. The standard InChI is InChI=1S/C13H9F4N3O5/c1-19-5(3-18-13(19)20(22)23)4-25-11-9(16)7(14)6(12(21)24-2)8(15)10(11)17/h3H,4H2,1-2H3. The van der Waals surface area contributed by atoms with Gasteiger partial charge >= 0.3 is 11.9 Å². The molecule has 12 heteroatoms. The number of aromatic nitrogens is 2. The Morgan fingerprint density at radius 1 is 1.24 bits per heavy atom. The lowest BCUT2D eigenvalue weighted by Crippen LogP contribution is -2.14. The first-order valence-corrected chi connectivity index (χ1v) is 6.42. The van der Waals surface area contributed by atoms with Crippen LogP contribution in [0.2, 0.25) is 0 Å². The molecule has 8 nitrogen and oxygen atoms in total. The Hall–Kier alpha value is -3.18. The third kappa shape index (κ3) is 3.09. The van der Waals surface area contributed by atoms with Crippen molar-refractivity contribution in [3.8, 4) is 5.75 Å². The van der Waals surface area contributed by atoms with E-state index in [0.717, 1.165) is 17.9 Å². The van der Waals surface area contributed by atoms with Gasteiger partial charge in [0.2, 0.25) is 11.6 Å². The largest absolute Gasteiger partial charge is 0.479 e. The number of hydrogen-bond acceptors (Lipinski definition) is 6. The fraction of sp³-hybridized carbons (Fsp3) is 0.231. The van der Waals surface area contributed by atoms with E-state index in [-0.39, 0.29) is 5.69 Å². The van der Waals surface area contributed by atoms with Crippen molar-refractivity contribution in [2.45, 2.75) is 6.61 Å². The molecule has 0 radical (unpaired) electrons. The van der Waals surface area contributed by atoms with Gasteiger partial charge in [0.15, 0.2) is 23.1 Å². The molecule has 0 aliphatic rings. The summed E-state index contributed by atoms with van der Waals surface area (Å²) in [4.78, 5) is 24.5. The van der Waals surface area contributed by atoms with E-state index < -0.39 is 58.0 Å². The van der Waals surface area contributed by atoms with Crippen molar-refractivity contribution >= 4 is 11.9 Å². The molecule has 0 unspecified atom stereocenters. The van der Waals surface area contributed by atoms with Gasteiger partial charge in [-0.15, -0.1) is 0 Å². The first-order valence-electron chi connectivity index (χ1n) is 6.42. The highest BCUT2D eigenvalue weighted by molar-refractivity contribution is 5.90. The number of nitro groups is 1. The van der Waals surface area contributed by atoms with Crippen LogP contribution < -0.4 is 4.74 Å². The minimum atomic E-state index is -1.99. The predicted molar refractivity (Wildman–Crippen MR) is 71.8 cm³/mol. The van der Waals surface area contributed by atoms with E-state index >= 15 is 0 Å². The molecule has 0 aliphatic heterocycles. The van der Waals surface area contributed by atoms with Crippen LogP contribution in [0.1, 0.15) is 16.1 Å². The number of imidazole rings is 1. The van der Waals surface area contributed by atoms with Crippen LogP contribution in [0, 0.1) is 33.4 Å². The van der Waals surface area contributed by atoms with Crippen molar-refractivity contribution in [1.82, 2.24) is 9.55 Å². The monoisotopic (exact) mass is 363 g/mol. The average Bonchev–Trinajstić information content (AvgIpc) is 2.94. The Kier molecular flexibility index (Phi) is 4.90. The number of ether oxygens (including phenoxy) is 2. The predicted octanol–water partition coefficient (Wildman–Crippen LogP) is 2.25. The summed E-state index contributed by atoms with van der Waals surface area (Å²) in [6, 6.07) is 0. The van der Waals surface area contributed by atoms with Crippen molar-refractivity contribution in [2.24, 2.45) is 7.05 Å². The maximum absolute atomic E-state index is 13.9. The second kappa shape index (κ2) is 6.75. The maximum atomic E-state index is 13.9. The first-order chi connectivity index (χ1) is 11.7. The van der Waals surface area contributed by atoms with Crippen molar-refractivity contribution in [3.63, 3.8) is 0 Å². The molecule has 1 aromatic heterocycles. The number of rotatable bonds is 5. The lowest BCUT2D eigenvalue weighted by molar-refractivity contribution is -0.396. The van der Waals surface area contributed by atoms with Gasteiger partial charge in [-0.3, -0.25) is 0 Å². The van der Waals surface area contributed by atoms with Gasteiger partial charge in [0.25, 0.3) is 0 Å². The van der Waals surface area contributed by atoms with Gasteiger partial charge in [-0.05, 0) is 4.92 Å². The van der Waals surface area contributed by atoms with Gasteiger partial charge in [0, 0.05) is 0 Å². The molecule has 0 spiro atoms. The first kappa shape index (κ1) is 18.2. The molecule has 1 aromatic carbocycles. The van der Waals surface area contributed by atoms with E-state index in [1.807, 2.05) is 0 Å². The summed E-state index contributed by atoms with van der Waals surface area (Å²) in [5, 5.41) is 10.7. The van der Waals surface area contributed by atoms with E-state index in [2.05, 4.69) is 9.72 Å². The fourth-order valence-corrected chi connectivity index (χ4v) is 1.90. The Morgan fingerprint density at radius 3 is 2.24 bits per heavy atom. The molecule has 1 heterocycles. The van der Waals surface area contributed by atoms with Crippen LogP contribution in [0.3, 0.4) is 0 Å². The molecule has 25 heavy (non-hydrogen) atoms. The number of carbonyl (C=O) groups excluding carboxylic acids is 1. The zero-order valence-electron chi connectivity index (χ0n) is 12.7. The number of hydrogen-bond donors (Lipinski definition) is 0. The third-order valence-electron chi connectivity index (χ3n) is 3.20. The molecule has 0 fully saturated rings. The molecule has 0 saturated heterocycles. The Balaban J connectivity index is 2.38. The van der Waals surface area contributed by atoms with E-state index in [9.17, 15) is 32.5 Å². The number of methoxy groups -OCH3 is 1. The molecule has 0 aliphatic carbocycles. The molecule has 0 N–H and O–H groups in total. The van der Waals surface area contributed by atoms with E-state index in [1.165, 1.54) is 7.05 Å². The smallest absolute Gasteiger partial charge is 0.434 e. The normalized spacial score (nSPS) is 10.6. The SMILES string of the molecule is COC(=O)c1c(F)c(F)c(OCc2cnc([N+](=O)[O-])n2C)c(F)c1F. The second-order valence-corrected chi connectivity index (χ2v) is 4.61. The summed E-state index contributed by atoms with van der Waals surface area (Å²) < 4.78 is 65.0. The highest BCUT2D eigenvalue weighted by atomic mass is 19.2. The third-order valence-corrected chi connectivity index (χ3v) is 3.20. The lowest BCUT2D eigenvalue weighted by atomic mass is 10.1. The number of halogens is 4. The number of carbonyl (C=O) groups is 1. The molecule has 0 amide bonds. The lowest BCUT2D eigenvalue weighted by Gasteiger charge is -2.11. The minimum Gasteiger partial charge on any atom is -0.479 e. The van der Waals surface area contributed by atoms with Gasteiger partial charge in [0.1, 0.15) is 18.4 Å². The number of esters is 1. The van der Waals surface area contributed by atoms with Crippen LogP contribution >= 0.6 is 0 Å². The summed E-state index contributed by atoms with van der Waals surface area (Å²) in [5.74, 6) is -11.5. The van der Waals surface area contributed by atoms with E-state index in [1.54, 1.807) is 0 Å². The summed E-state index contributed by atoms with van der Waals surface area (Å²) in [5.41, 5.74) is -1.54. The van der Waals surface area contributed by atoms with Crippen LogP contribution in [0.15, 0.2) is 6.20 Å². The molecule has 134 valence electrons. The zero-order chi connectivity index (χ0) is 18.9. The topological polar surface area (TPSA) is 96.5 Å². The van der Waals surface area contributed by atoms with Crippen LogP contribution in [-0.4, -0.2) is 27.6 Å². The fourth-order valence-electron chi connectivity index (χ4n) is 1.90. The maximum Gasteiger partial charge on any atom is 0.434 e. The van der Waals surface area contributed by atoms with Crippen molar-refractivity contribution in [1.29, 1.82) is 0 Å². The summed E-state index contributed by atoms with van der Waals surface area (Å²) in [6.07, 6.45) is 0.990. The highest BCUT2D eigenvalue weighted by Gasteiger charge is 2.31. The van der Waals surface area contributed by atoms with Crippen LogP contribution in [-0.2, 0) is 18.4 Å². The minimum absolute atomic E-state index is 0.00311. The summed E-state index contributed by atoms with van der Waals surface area (Å²) in [6.45, 7) is -0.679. The Bertz CT molecular complexity index is 839. The second-order valence-electron chi connectivity index (χ2n) is 4.61. The van der Waals surface area contributed by atoms with E-state index in [0.29, 0.717) is 0 Å². The quantitative estimate of drug-likeness (QED) is 0.266. The van der Waals surface area contributed by atoms with Gasteiger partial charge in [-0.1, -0.05) is 4.98 Å². The molecule has 2 rings (SSSR count). The molecule has 2 aromatic rings. The molecular formula is C13H9F4N3O5. The van der Waals surface area contributed by atoms with Crippen molar-refractivity contribution in [2.75, 3.05) is 7.11 Å². The van der Waals surface area contributed by atoms with Crippen LogP contribution in [0.4, 0.5) is 23.5 Å². The van der Waals surface area contributed by atoms with E-state index in [4.69, 9.17) is 4.74 Å². The van der Waals surface area contributed by atoms with Crippen molar-refractivity contribution < 1.29 is 36.8 Å². The highest BCUT2D eigenvalue weighted by Crippen LogP contribution is 2.31. The number of nitrogens with zero attached hydrogens (tertiary/aromatic N) is 3. The zero-order valence-corrected chi connectivity index (χ0v) is 12.7. The van der Waals surface area contributed by atoms with Crippen molar-refractivity contribution in [3.05, 3.63) is 50.8 Å². The Morgan fingerprint density at radius 2 is 1.80 bits per heavy atom. The van der Waals surface area contributed by atoms with Crippen LogP contribution in [0.5, 0.6) is 5.75 Å². The summed E-state index contributed by atoms with van der Waals surface area (Å²) >= 11 is 0. The van der Waals surface area contributed by atoms with Gasteiger partial charge < -0.3 is 19.6 Å². The molecular weight excluding hydrogens is 354 g/mol. The molecule has 0 atom stereocenters.